The van der Waals surface area contributed by atoms with Crippen molar-refractivity contribution in [3.63, 3.8) is 0 Å². The number of nitrogens with zero attached hydrogens (tertiary/aromatic N) is 4. The van der Waals surface area contributed by atoms with Gasteiger partial charge in [0.15, 0.2) is 5.69 Å². The molecule has 0 radical (unpaired) electrons. The summed E-state index contributed by atoms with van der Waals surface area (Å²) in [5.74, 6) is -2.01. The molecule has 0 fully saturated rings. The monoisotopic (exact) mass is 380 g/mol. The van der Waals surface area contributed by atoms with Gasteiger partial charge in [0.1, 0.15) is 0 Å². The number of hydrogen-bond acceptors (Lipinski definition) is 6. The highest BCUT2D eigenvalue weighted by Crippen LogP contribution is 2.29. The molecule has 0 bridgehead atoms. The molecule has 7 nitrogen and oxygen atoms in total. The number of halogens is 3. The summed E-state index contributed by atoms with van der Waals surface area (Å²) in [4.78, 5) is 19.5. The molecular formula is C17H15F3N4O3. The highest BCUT2D eigenvalue weighted by Gasteiger charge is 2.38. The fourth-order valence-electron chi connectivity index (χ4n) is 2.48. The largest absolute Gasteiger partial charge is 0.471 e. The van der Waals surface area contributed by atoms with Gasteiger partial charge < -0.3 is 13.8 Å². The summed E-state index contributed by atoms with van der Waals surface area (Å²) in [5, 5.41) is 3.35. The van der Waals surface area contributed by atoms with Crippen molar-refractivity contribution in [3.05, 3.63) is 53.4 Å². The van der Waals surface area contributed by atoms with Gasteiger partial charge in [0.2, 0.25) is 5.82 Å². The topological polar surface area (TPSA) is 83.0 Å². The highest BCUT2D eigenvalue weighted by atomic mass is 19.4. The van der Waals surface area contributed by atoms with Crippen molar-refractivity contribution in [2.45, 2.75) is 26.6 Å². The van der Waals surface area contributed by atoms with Crippen LogP contribution < -0.4 is 0 Å². The minimum Gasteiger partial charge on any atom is -0.461 e. The quantitative estimate of drug-likeness (QED) is 0.630. The van der Waals surface area contributed by atoms with Crippen LogP contribution in [0.4, 0.5) is 13.2 Å². The molecule has 142 valence electrons. The fourth-order valence-corrected chi connectivity index (χ4v) is 2.48. The Balaban J connectivity index is 1.79. The Labute approximate surface area is 151 Å². The van der Waals surface area contributed by atoms with Gasteiger partial charge >= 0.3 is 18.0 Å². The van der Waals surface area contributed by atoms with E-state index in [1.165, 1.54) is 6.33 Å². The lowest BCUT2D eigenvalue weighted by molar-refractivity contribution is -0.159. The molecule has 3 aromatic rings. The second kappa shape index (κ2) is 7.22. The van der Waals surface area contributed by atoms with E-state index in [0.717, 1.165) is 5.56 Å². The number of carbonyl (C=O) groups excluding carboxylic acids is 1. The maximum atomic E-state index is 12.5. The van der Waals surface area contributed by atoms with Gasteiger partial charge in [-0.3, -0.25) is 0 Å². The van der Waals surface area contributed by atoms with E-state index in [9.17, 15) is 18.0 Å². The number of imidazole rings is 1. The van der Waals surface area contributed by atoms with Crippen molar-refractivity contribution in [3.8, 4) is 11.4 Å². The van der Waals surface area contributed by atoms with E-state index >= 15 is 0 Å². The van der Waals surface area contributed by atoms with Crippen LogP contribution in [0.3, 0.4) is 0 Å². The molecule has 0 N–H and O–H groups in total. The van der Waals surface area contributed by atoms with Gasteiger partial charge in [0.25, 0.3) is 0 Å². The SMILES string of the molecule is CCOC(=O)c1c(C)ncn1Cc1ccc(-c2noc(C(F)(F)F)n2)cc1. The summed E-state index contributed by atoms with van der Waals surface area (Å²) >= 11 is 0. The molecule has 2 aromatic heterocycles. The van der Waals surface area contributed by atoms with Crippen LogP contribution in [0.2, 0.25) is 0 Å². The van der Waals surface area contributed by atoms with E-state index in [4.69, 9.17) is 4.74 Å². The number of aryl methyl sites for hydroxylation is 1. The van der Waals surface area contributed by atoms with Crippen LogP contribution in [0, 0.1) is 6.92 Å². The maximum Gasteiger partial charge on any atom is 0.471 e. The zero-order valence-corrected chi connectivity index (χ0v) is 14.4. The van der Waals surface area contributed by atoms with Crippen LogP contribution >= 0.6 is 0 Å². The molecule has 0 atom stereocenters. The van der Waals surface area contributed by atoms with Crippen molar-refractivity contribution < 1.29 is 27.2 Å². The lowest BCUT2D eigenvalue weighted by Crippen LogP contribution is -2.13. The summed E-state index contributed by atoms with van der Waals surface area (Å²) in [6.07, 6.45) is -3.15. The number of ether oxygens (including phenoxy) is 1. The first-order valence-electron chi connectivity index (χ1n) is 7.98. The van der Waals surface area contributed by atoms with E-state index in [-0.39, 0.29) is 12.4 Å². The molecule has 0 saturated heterocycles. The van der Waals surface area contributed by atoms with Gasteiger partial charge in [0, 0.05) is 12.1 Å². The van der Waals surface area contributed by atoms with E-state index in [0.29, 0.717) is 23.5 Å². The lowest BCUT2D eigenvalue weighted by atomic mass is 10.1. The van der Waals surface area contributed by atoms with Crippen LogP contribution in [0.15, 0.2) is 35.1 Å². The molecule has 0 aliphatic rings. The number of alkyl halides is 3. The molecule has 0 spiro atoms. The molecule has 2 heterocycles. The number of aromatic nitrogens is 4. The third kappa shape index (κ3) is 3.99. The first kappa shape index (κ1) is 18.6. The molecule has 0 saturated carbocycles. The molecule has 0 aliphatic heterocycles. The summed E-state index contributed by atoms with van der Waals surface area (Å²) in [6, 6.07) is 6.55. The Bertz CT molecular complexity index is 945. The fraction of sp³-hybridized carbons (Fsp3) is 0.294. The Morgan fingerprint density at radius 3 is 2.56 bits per heavy atom. The van der Waals surface area contributed by atoms with E-state index in [1.807, 2.05) is 0 Å². The standard InChI is InChI=1S/C17H15F3N4O3/c1-3-26-15(25)13-10(2)21-9-24(13)8-11-4-6-12(7-5-11)14-22-16(27-23-14)17(18,19)20/h4-7,9H,3,8H2,1-2H3. The van der Waals surface area contributed by atoms with E-state index < -0.39 is 18.0 Å². The average Bonchev–Trinajstić information content (AvgIpc) is 3.23. The Morgan fingerprint density at radius 1 is 1.26 bits per heavy atom. The first-order chi connectivity index (χ1) is 12.8. The second-order valence-electron chi connectivity index (χ2n) is 5.64. The molecule has 0 unspecified atom stereocenters. The Kier molecular flexibility index (Phi) is 4.98. The summed E-state index contributed by atoms with van der Waals surface area (Å²) in [6.45, 7) is 4.02. The van der Waals surface area contributed by atoms with Crippen LogP contribution in [0.1, 0.15) is 34.6 Å². The predicted molar refractivity (Wildman–Crippen MR) is 86.8 cm³/mol. The van der Waals surface area contributed by atoms with Gasteiger partial charge in [-0.2, -0.15) is 18.2 Å². The highest BCUT2D eigenvalue weighted by molar-refractivity contribution is 5.88. The summed E-state index contributed by atoms with van der Waals surface area (Å²) < 4.78 is 48.5. The molecule has 3 rings (SSSR count). The third-order valence-corrected chi connectivity index (χ3v) is 3.72. The van der Waals surface area contributed by atoms with Crippen molar-refractivity contribution in [1.82, 2.24) is 19.7 Å². The normalized spacial score (nSPS) is 11.6. The number of esters is 1. The van der Waals surface area contributed by atoms with Crippen molar-refractivity contribution in [1.29, 1.82) is 0 Å². The van der Waals surface area contributed by atoms with Gasteiger partial charge in [-0.15, -0.1) is 0 Å². The first-order valence-corrected chi connectivity index (χ1v) is 7.98. The molecule has 0 amide bonds. The van der Waals surface area contributed by atoms with Crippen LogP contribution in [0.5, 0.6) is 0 Å². The minimum atomic E-state index is -4.69. The maximum absolute atomic E-state index is 12.5. The molecular weight excluding hydrogens is 365 g/mol. The predicted octanol–water partition coefficient (Wildman–Crippen LogP) is 3.49. The van der Waals surface area contributed by atoms with E-state index in [1.54, 1.807) is 42.7 Å². The molecule has 1 aromatic carbocycles. The van der Waals surface area contributed by atoms with Crippen LogP contribution in [-0.2, 0) is 17.5 Å². The molecule has 0 aliphatic carbocycles. The number of rotatable bonds is 5. The third-order valence-electron chi connectivity index (χ3n) is 3.72. The van der Waals surface area contributed by atoms with E-state index in [2.05, 4.69) is 19.6 Å². The zero-order valence-electron chi connectivity index (χ0n) is 14.4. The van der Waals surface area contributed by atoms with Gasteiger partial charge in [-0.25, -0.2) is 9.78 Å². The Morgan fingerprint density at radius 2 is 1.96 bits per heavy atom. The number of hydrogen-bond donors (Lipinski definition) is 0. The van der Waals surface area contributed by atoms with Crippen molar-refractivity contribution >= 4 is 5.97 Å². The van der Waals surface area contributed by atoms with Crippen LogP contribution in [0.25, 0.3) is 11.4 Å². The van der Waals surface area contributed by atoms with Crippen molar-refractivity contribution in [2.75, 3.05) is 6.61 Å². The lowest BCUT2D eigenvalue weighted by Gasteiger charge is -2.09. The smallest absolute Gasteiger partial charge is 0.461 e. The average molecular weight is 380 g/mol. The Hall–Kier alpha value is -3.17. The van der Waals surface area contributed by atoms with Crippen LogP contribution in [-0.4, -0.2) is 32.3 Å². The molecule has 27 heavy (non-hydrogen) atoms. The summed E-state index contributed by atoms with van der Waals surface area (Å²) in [7, 11) is 0. The van der Waals surface area contributed by atoms with Gasteiger partial charge in [0.05, 0.1) is 18.6 Å². The summed E-state index contributed by atoms with van der Waals surface area (Å²) in [5.41, 5.74) is 2.09. The zero-order chi connectivity index (χ0) is 19.6. The van der Waals surface area contributed by atoms with Gasteiger partial charge in [-0.1, -0.05) is 29.4 Å². The minimum absolute atomic E-state index is 0.153. The van der Waals surface area contributed by atoms with Crippen molar-refractivity contribution in [2.24, 2.45) is 0 Å². The second-order valence-corrected chi connectivity index (χ2v) is 5.64. The van der Waals surface area contributed by atoms with Gasteiger partial charge in [-0.05, 0) is 19.4 Å². The number of carbonyl (C=O) groups is 1. The molecule has 10 heteroatoms. The number of benzene rings is 1.